The van der Waals surface area contributed by atoms with E-state index in [2.05, 4.69) is 13.8 Å². The van der Waals surface area contributed by atoms with E-state index < -0.39 is 0 Å². The van der Waals surface area contributed by atoms with E-state index in [1.165, 1.54) is 0 Å². The molecule has 1 saturated carbocycles. The highest BCUT2D eigenvalue weighted by atomic mass is 16.5. The van der Waals surface area contributed by atoms with Crippen molar-refractivity contribution in [2.75, 3.05) is 33.5 Å². The molecule has 0 aliphatic heterocycles. The van der Waals surface area contributed by atoms with Crippen LogP contribution in [0.25, 0.3) is 0 Å². The highest BCUT2D eigenvalue weighted by Gasteiger charge is 2.49. The Bertz CT molecular complexity index is 201. The maximum atomic E-state index is 6.00. The third-order valence-electron chi connectivity index (χ3n) is 3.79. The van der Waals surface area contributed by atoms with Crippen LogP contribution in [0.2, 0.25) is 0 Å². The normalized spacial score (nSPS) is 33.8. The predicted molar refractivity (Wildman–Crippen MR) is 63.4 cm³/mol. The fourth-order valence-electron chi connectivity index (χ4n) is 2.09. The van der Waals surface area contributed by atoms with Crippen LogP contribution in [0, 0.1) is 5.41 Å². The van der Waals surface area contributed by atoms with E-state index in [1.54, 1.807) is 7.11 Å². The van der Waals surface area contributed by atoms with Gasteiger partial charge in [-0.25, -0.2) is 0 Å². The van der Waals surface area contributed by atoms with Gasteiger partial charge in [0, 0.05) is 18.6 Å². The summed E-state index contributed by atoms with van der Waals surface area (Å²) >= 11 is 0. The van der Waals surface area contributed by atoms with Gasteiger partial charge in [0.1, 0.15) is 0 Å². The number of hydrogen-bond acceptors (Lipinski definition) is 4. The van der Waals surface area contributed by atoms with Crippen molar-refractivity contribution in [1.29, 1.82) is 0 Å². The molecule has 0 saturated heterocycles. The van der Waals surface area contributed by atoms with E-state index in [0.717, 1.165) is 12.8 Å². The summed E-state index contributed by atoms with van der Waals surface area (Å²) < 4.78 is 16.0. The summed E-state index contributed by atoms with van der Waals surface area (Å²) in [5, 5.41) is 0. The van der Waals surface area contributed by atoms with Crippen molar-refractivity contribution in [3.8, 4) is 0 Å². The maximum absolute atomic E-state index is 6.00. The molecule has 4 nitrogen and oxygen atoms in total. The highest BCUT2D eigenvalue weighted by molar-refractivity contribution is 5.02. The molecule has 1 aliphatic carbocycles. The van der Waals surface area contributed by atoms with Crippen LogP contribution in [0.15, 0.2) is 0 Å². The van der Waals surface area contributed by atoms with Crippen LogP contribution in [0.4, 0.5) is 0 Å². The van der Waals surface area contributed by atoms with Crippen molar-refractivity contribution < 1.29 is 14.2 Å². The first kappa shape index (κ1) is 13.9. The van der Waals surface area contributed by atoms with Crippen LogP contribution in [0.1, 0.15) is 26.7 Å². The van der Waals surface area contributed by atoms with Gasteiger partial charge in [-0.2, -0.15) is 0 Å². The van der Waals surface area contributed by atoms with Crippen LogP contribution in [0.5, 0.6) is 0 Å². The van der Waals surface area contributed by atoms with Crippen LogP contribution in [-0.2, 0) is 14.2 Å². The Labute approximate surface area is 98.4 Å². The lowest BCUT2D eigenvalue weighted by Crippen LogP contribution is -2.60. The Morgan fingerprint density at radius 2 is 1.94 bits per heavy atom. The average Bonchev–Trinajstić information content (AvgIpc) is 2.31. The molecule has 0 aromatic carbocycles. The Kier molecular flexibility index (Phi) is 5.69. The summed E-state index contributed by atoms with van der Waals surface area (Å²) in [6.07, 6.45) is 2.35. The second-order valence-electron chi connectivity index (χ2n) is 4.67. The molecular weight excluding hydrogens is 206 g/mol. The lowest BCUT2D eigenvalue weighted by Gasteiger charge is -2.51. The first-order chi connectivity index (χ1) is 7.65. The van der Waals surface area contributed by atoms with Gasteiger partial charge in [0.15, 0.2) is 0 Å². The first-order valence-electron chi connectivity index (χ1n) is 6.09. The molecule has 1 rings (SSSR count). The smallest absolute Gasteiger partial charge is 0.0704 e. The topological polar surface area (TPSA) is 53.7 Å². The number of methoxy groups -OCH3 is 1. The molecule has 0 aromatic heterocycles. The largest absolute Gasteiger partial charge is 0.382 e. The molecule has 0 heterocycles. The van der Waals surface area contributed by atoms with Crippen molar-refractivity contribution in [2.45, 2.75) is 38.8 Å². The van der Waals surface area contributed by atoms with Gasteiger partial charge in [-0.15, -0.1) is 0 Å². The quantitative estimate of drug-likeness (QED) is 0.637. The number of nitrogens with two attached hydrogens (primary N) is 1. The molecule has 3 atom stereocenters. The molecule has 16 heavy (non-hydrogen) atoms. The van der Waals surface area contributed by atoms with E-state index >= 15 is 0 Å². The van der Waals surface area contributed by atoms with Gasteiger partial charge in [-0.1, -0.05) is 13.8 Å². The van der Waals surface area contributed by atoms with E-state index in [9.17, 15) is 0 Å². The van der Waals surface area contributed by atoms with Gasteiger partial charge in [-0.05, 0) is 12.8 Å². The van der Waals surface area contributed by atoms with Gasteiger partial charge in [0.05, 0.1) is 32.5 Å². The summed E-state index contributed by atoms with van der Waals surface area (Å²) in [7, 11) is 1.67. The van der Waals surface area contributed by atoms with Crippen LogP contribution < -0.4 is 5.73 Å². The summed E-state index contributed by atoms with van der Waals surface area (Å²) in [5.74, 6) is 0. The SMILES string of the molecule is CCC1(C)C(N)CC1OCCOCCOC. The predicted octanol–water partition coefficient (Wildman–Crippen LogP) is 1.18. The molecule has 1 fully saturated rings. The monoisotopic (exact) mass is 231 g/mol. The van der Waals surface area contributed by atoms with E-state index in [4.69, 9.17) is 19.9 Å². The molecule has 0 bridgehead atoms. The third kappa shape index (κ3) is 3.17. The molecule has 96 valence electrons. The summed E-state index contributed by atoms with van der Waals surface area (Å²) in [4.78, 5) is 0. The molecule has 0 amide bonds. The van der Waals surface area contributed by atoms with Crippen LogP contribution in [-0.4, -0.2) is 45.7 Å². The summed E-state index contributed by atoms with van der Waals surface area (Å²) in [6, 6.07) is 0.289. The zero-order valence-electron chi connectivity index (χ0n) is 10.7. The Balaban J connectivity index is 2.06. The van der Waals surface area contributed by atoms with Crippen LogP contribution >= 0.6 is 0 Å². The zero-order chi connectivity index (χ0) is 12.0. The first-order valence-corrected chi connectivity index (χ1v) is 6.09. The minimum absolute atomic E-state index is 0.159. The van der Waals surface area contributed by atoms with Gasteiger partial charge >= 0.3 is 0 Å². The molecule has 4 heteroatoms. The van der Waals surface area contributed by atoms with Crippen molar-refractivity contribution in [3.05, 3.63) is 0 Å². The molecule has 2 N–H and O–H groups in total. The summed E-state index contributed by atoms with van der Waals surface area (Å²) in [6.45, 7) is 6.93. The Morgan fingerprint density at radius 3 is 2.50 bits per heavy atom. The molecule has 3 unspecified atom stereocenters. The van der Waals surface area contributed by atoms with Crippen molar-refractivity contribution in [2.24, 2.45) is 11.1 Å². The van der Waals surface area contributed by atoms with Crippen molar-refractivity contribution in [1.82, 2.24) is 0 Å². The number of ether oxygens (including phenoxy) is 3. The highest BCUT2D eigenvalue weighted by Crippen LogP contribution is 2.44. The molecule has 0 spiro atoms. The van der Waals surface area contributed by atoms with Crippen LogP contribution in [0.3, 0.4) is 0 Å². The lowest BCUT2D eigenvalue weighted by molar-refractivity contribution is -0.129. The third-order valence-corrected chi connectivity index (χ3v) is 3.79. The van der Waals surface area contributed by atoms with Crippen molar-refractivity contribution in [3.63, 3.8) is 0 Å². The number of rotatable bonds is 8. The van der Waals surface area contributed by atoms with E-state index in [0.29, 0.717) is 32.5 Å². The second kappa shape index (κ2) is 6.55. The van der Waals surface area contributed by atoms with Gasteiger partial charge in [-0.3, -0.25) is 0 Å². The zero-order valence-corrected chi connectivity index (χ0v) is 10.7. The fraction of sp³-hybridized carbons (Fsp3) is 1.00. The lowest BCUT2D eigenvalue weighted by atomic mass is 9.62. The average molecular weight is 231 g/mol. The molecule has 0 aromatic rings. The minimum atomic E-state index is 0.159. The molecule has 1 aliphatic rings. The van der Waals surface area contributed by atoms with Gasteiger partial charge in [0.2, 0.25) is 0 Å². The minimum Gasteiger partial charge on any atom is -0.382 e. The fourth-order valence-corrected chi connectivity index (χ4v) is 2.09. The van der Waals surface area contributed by atoms with E-state index in [-0.39, 0.29) is 11.5 Å². The van der Waals surface area contributed by atoms with Gasteiger partial charge < -0.3 is 19.9 Å². The molecular formula is C12H25NO3. The standard InChI is InChI=1S/C12H25NO3/c1-4-12(2)10(13)9-11(12)16-8-7-15-6-5-14-3/h10-11H,4-9,13H2,1-3H3. The second-order valence-corrected chi connectivity index (χ2v) is 4.67. The number of hydrogen-bond donors (Lipinski definition) is 1. The summed E-state index contributed by atoms with van der Waals surface area (Å²) in [5.41, 5.74) is 6.16. The Hall–Kier alpha value is -0.160. The van der Waals surface area contributed by atoms with Gasteiger partial charge in [0.25, 0.3) is 0 Å². The van der Waals surface area contributed by atoms with Crippen molar-refractivity contribution >= 4 is 0 Å². The molecule has 0 radical (unpaired) electrons. The van der Waals surface area contributed by atoms with E-state index in [1.807, 2.05) is 0 Å². The maximum Gasteiger partial charge on any atom is 0.0704 e. The Morgan fingerprint density at radius 1 is 1.25 bits per heavy atom.